The molecule has 0 atom stereocenters. The number of ether oxygens (including phenoxy) is 2. The number of rotatable bonds is 4. The molecule has 0 radical (unpaired) electrons. The number of nitrogens with zero attached hydrogens (tertiary/aromatic N) is 2. The monoisotopic (exact) mass is 247 g/mol. The summed E-state index contributed by atoms with van der Waals surface area (Å²) >= 11 is 0. The predicted molar refractivity (Wildman–Crippen MR) is 68.9 cm³/mol. The van der Waals surface area contributed by atoms with Gasteiger partial charge in [-0.25, -0.2) is 4.98 Å². The number of fused-ring (bicyclic) bond motifs is 2. The van der Waals surface area contributed by atoms with Crippen molar-refractivity contribution in [2.45, 2.75) is 26.3 Å². The van der Waals surface area contributed by atoms with Gasteiger partial charge in [0.2, 0.25) is 6.79 Å². The molecule has 96 valence electrons. The second-order valence-corrected chi connectivity index (χ2v) is 4.41. The van der Waals surface area contributed by atoms with E-state index in [1.807, 2.05) is 12.1 Å². The van der Waals surface area contributed by atoms with Gasteiger partial charge in [-0.3, -0.25) is 0 Å². The third-order valence-corrected chi connectivity index (χ3v) is 3.15. The van der Waals surface area contributed by atoms with Crippen molar-refractivity contribution in [3.05, 3.63) is 18.0 Å². The number of benzene rings is 1. The normalized spacial score (nSPS) is 13.4. The summed E-state index contributed by atoms with van der Waals surface area (Å²) in [5.74, 6) is 2.66. The quantitative estimate of drug-likeness (QED) is 0.892. The molecule has 2 aromatic rings. The lowest BCUT2D eigenvalue weighted by Crippen LogP contribution is -2.12. The van der Waals surface area contributed by atoms with E-state index in [9.17, 15) is 0 Å². The summed E-state index contributed by atoms with van der Waals surface area (Å²) in [4.78, 5) is 4.67. The number of nitrogens with two attached hydrogens (primary N) is 1. The van der Waals surface area contributed by atoms with E-state index in [0.29, 0.717) is 13.3 Å². The van der Waals surface area contributed by atoms with E-state index in [2.05, 4.69) is 16.5 Å². The van der Waals surface area contributed by atoms with Crippen LogP contribution < -0.4 is 15.2 Å². The Balaban J connectivity index is 2.16. The Labute approximate surface area is 106 Å². The number of hydrogen-bond acceptors (Lipinski definition) is 4. The molecule has 2 heterocycles. The second-order valence-electron chi connectivity index (χ2n) is 4.41. The van der Waals surface area contributed by atoms with Crippen LogP contribution in [0.25, 0.3) is 11.0 Å². The minimum atomic E-state index is 0.292. The largest absolute Gasteiger partial charge is 0.454 e. The number of aryl methyl sites for hydroxylation is 1. The molecule has 0 fully saturated rings. The molecule has 0 saturated carbocycles. The maximum Gasteiger partial charge on any atom is 0.231 e. The smallest absolute Gasteiger partial charge is 0.231 e. The zero-order valence-corrected chi connectivity index (χ0v) is 10.5. The molecule has 1 aromatic heterocycles. The average molecular weight is 247 g/mol. The van der Waals surface area contributed by atoms with Gasteiger partial charge in [-0.05, 0) is 6.42 Å². The van der Waals surface area contributed by atoms with Crippen LogP contribution in [-0.2, 0) is 13.0 Å². The molecule has 0 saturated heterocycles. The molecule has 0 unspecified atom stereocenters. The van der Waals surface area contributed by atoms with Gasteiger partial charge in [0, 0.05) is 31.6 Å². The van der Waals surface area contributed by atoms with Crippen LogP contribution in [0.1, 0.15) is 19.2 Å². The predicted octanol–water partition coefficient (Wildman–Crippen LogP) is 1.68. The number of hydrogen-bond donors (Lipinski definition) is 1. The van der Waals surface area contributed by atoms with Gasteiger partial charge >= 0.3 is 0 Å². The van der Waals surface area contributed by atoms with Crippen molar-refractivity contribution in [2.75, 3.05) is 13.3 Å². The summed E-state index contributed by atoms with van der Waals surface area (Å²) in [5.41, 5.74) is 7.72. The Hall–Kier alpha value is -1.75. The van der Waals surface area contributed by atoms with Crippen LogP contribution in [-0.4, -0.2) is 22.9 Å². The molecule has 2 N–H and O–H groups in total. The van der Waals surface area contributed by atoms with Crippen molar-refractivity contribution in [3.63, 3.8) is 0 Å². The zero-order chi connectivity index (χ0) is 12.5. The van der Waals surface area contributed by atoms with Crippen molar-refractivity contribution in [3.8, 4) is 11.5 Å². The summed E-state index contributed by atoms with van der Waals surface area (Å²) < 4.78 is 13.0. The lowest BCUT2D eigenvalue weighted by atomic mass is 10.2. The van der Waals surface area contributed by atoms with Crippen molar-refractivity contribution in [1.82, 2.24) is 9.55 Å². The van der Waals surface area contributed by atoms with Crippen LogP contribution in [0.2, 0.25) is 0 Å². The first-order valence-corrected chi connectivity index (χ1v) is 6.32. The maximum atomic E-state index is 5.68. The third-order valence-electron chi connectivity index (χ3n) is 3.15. The summed E-state index contributed by atoms with van der Waals surface area (Å²) in [7, 11) is 0. The van der Waals surface area contributed by atoms with Gasteiger partial charge in [0.15, 0.2) is 11.5 Å². The highest BCUT2D eigenvalue weighted by Gasteiger charge is 2.18. The van der Waals surface area contributed by atoms with Crippen LogP contribution in [0.15, 0.2) is 12.1 Å². The van der Waals surface area contributed by atoms with Crippen LogP contribution >= 0.6 is 0 Å². The lowest BCUT2D eigenvalue weighted by molar-refractivity contribution is 0.174. The van der Waals surface area contributed by atoms with E-state index in [4.69, 9.17) is 15.2 Å². The topological polar surface area (TPSA) is 62.3 Å². The van der Waals surface area contributed by atoms with E-state index < -0.39 is 0 Å². The molecule has 0 bridgehead atoms. The summed E-state index contributed by atoms with van der Waals surface area (Å²) in [6, 6.07) is 3.95. The Morgan fingerprint density at radius 3 is 2.83 bits per heavy atom. The highest BCUT2D eigenvalue weighted by atomic mass is 16.7. The molecule has 18 heavy (non-hydrogen) atoms. The van der Waals surface area contributed by atoms with E-state index >= 15 is 0 Å². The van der Waals surface area contributed by atoms with E-state index in [1.54, 1.807) is 0 Å². The molecule has 3 rings (SSSR count). The van der Waals surface area contributed by atoms with Gasteiger partial charge in [-0.15, -0.1) is 0 Å². The minimum Gasteiger partial charge on any atom is -0.454 e. The minimum absolute atomic E-state index is 0.292. The Morgan fingerprint density at radius 2 is 2.11 bits per heavy atom. The first kappa shape index (κ1) is 11.3. The van der Waals surface area contributed by atoms with Crippen LogP contribution in [0.3, 0.4) is 0 Å². The standard InChI is InChI=1S/C13H17N3O2/c1-2-3-13-15-9-6-11-12(18-8-17-11)7-10(9)16(13)5-4-14/h6-7H,2-5,8,14H2,1H3. The first-order valence-electron chi connectivity index (χ1n) is 6.32. The lowest BCUT2D eigenvalue weighted by Gasteiger charge is -2.06. The van der Waals surface area contributed by atoms with E-state index in [0.717, 1.165) is 47.7 Å². The molecule has 0 spiro atoms. The summed E-state index contributed by atoms with van der Waals surface area (Å²) in [6.07, 6.45) is 2.03. The average Bonchev–Trinajstić information content (AvgIpc) is 2.93. The Kier molecular flexibility index (Phi) is 2.83. The van der Waals surface area contributed by atoms with E-state index in [-0.39, 0.29) is 0 Å². The molecule has 1 aliphatic rings. The fourth-order valence-electron chi connectivity index (χ4n) is 2.36. The van der Waals surface area contributed by atoms with Gasteiger partial charge in [0.1, 0.15) is 5.82 Å². The highest BCUT2D eigenvalue weighted by Crippen LogP contribution is 2.36. The zero-order valence-electron chi connectivity index (χ0n) is 10.5. The van der Waals surface area contributed by atoms with Crippen LogP contribution in [0.4, 0.5) is 0 Å². The van der Waals surface area contributed by atoms with Gasteiger partial charge in [0.25, 0.3) is 0 Å². The maximum absolute atomic E-state index is 5.68. The van der Waals surface area contributed by atoms with Crippen LogP contribution in [0, 0.1) is 0 Å². The van der Waals surface area contributed by atoms with Crippen molar-refractivity contribution in [1.29, 1.82) is 0 Å². The van der Waals surface area contributed by atoms with Gasteiger partial charge in [-0.1, -0.05) is 6.92 Å². The molecule has 5 heteroatoms. The molecule has 5 nitrogen and oxygen atoms in total. The first-order chi connectivity index (χ1) is 8.83. The van der Waals surface area contributed by atoms with E-state index in [1.165, 1.54) is 0 Å². The molecule has 1 aliphatic heterocycles. The second kappa shape index (κ2) is 4.49. The Bertz CT molecular complexity index is 577. The van der Waals surface area contributed by atoms with Gasteiger partial charge in [0.05, 0.1) is 11.0 Å². The fourth-order valence-corrected chi connectivity index (χ4v) is 2.36. The molecule has 0 aliphatic carbocycles. The van der Waals surface area contributed by atoms with Gasteiger partial charge in [-0.2, -0.15) is 0 Å². The van der Waals surface area contributed by atoms with Crippen molar-refractivity contribution in [2.24, 2.45) is 5.73 Å². The molecule has 0 amide bonds. The summed E-state index contributed by atoms with van der Waals surface area (Å²) in [6.45, 7) is 3.83. The number of aromatic nitrogens is 2. The third kappa shape index (κ3) is 1.71. The number of imidazole rings is 1. The molecular formula is C13H17N3O2. The molecular weight excluding hydrogens is 230 g/mol. The van der Waals surface area contributed by atoms with Crippen molar-refractivity contribution < 1.29 is 9.47 Å². The highest BCUT2D eigenvalue weighted by molar-refractivity contribution is 5.81. The van der Waals surface area contributed by atoms with Gasteiger partial charge < -0.3 is 19.8 Å². The molecule has 1 aromatic carbocycles. The van der Waals surface area contributed by atoms with Crippen molar-refractivity contribution >= 4 is 11.0 Å². The fraction of sp³-hybridized carbons (Fsp3) is 0.462. The Morgan fingerprint density at radius 1 is 1.33 bits per heavy atom. The SMILES string of the molecule is CCCc1nc2cc3c(cc2n1CCN)OCO3. The summed E-state index contributed by atoms with van der Waals surface area (Å²) in [5, 5.41) is 0. The van der Waals surface area contributed by atoms with Crippen LogP contribution in [0.5, 0.6) is 11.5 Å².